The molecule has 0 unspecified atom stereocenters. The molecule has 0 amide bonds. The van der Waals surface area contributed by atoms with Gasteiger partial charge in [-0.3, -0.25) is 4.68 Å². The summed E-state index contributed by atoms with van der Waals surface area (Å²) in [6, 6.07) is 10.5. The first-order chi connectivity index (χ1) is 14.1. The molecule has 162 valence electrons. The van der Waals surface area contributed by atoms with Crippen molar-refractivity contribution in [1.82, 2.24) is 30.0 Å². The fraction of sp³-hybridized carbons (Fsp3) is 0.409. The summed E-state index contributed by atoms with van der Waals surface area (Å²) in [5, 5.41) is 11.2. The summed E-state index contributed by atoms with van der Waals surface area (Å²) in [6.45, 7) is 9.22. The maximum atomic E-state index is 4.74. The maximum absolute atomic E-state index is 4.74. The van der Waals surface area contributed by atoms with Gasteiger partial charge >= 0.3 is 0 Å². The molecular formula is C22H32IN7. The number of nitrogens with one attached hydrogen (secondary N) is 2. The monoisotopic (exact) mass is 521 g/mol. The van der Waals surface area contributed by atoms with Crippen LogP contribution in [0.15, 0.2) is 47.7 Å². The van der Waals surface area contributed by atoms with E-state index in [9.17, 15) is 0 Å². The second kappa shape index (κ2) is 11.7. The Kier molecular flexibility index (Phi) is 9.35. The summed E-state index contributed by atoms with van der Waals surface area (Å²) in [7, 11) is 1.97. The van der Waals surface area contributed by atoms with Gasteiger partial charge in [-0.1, -0.05) is 30.3 Å². The Hall–Kier alpha value is -2.36. The molecule has 0 saturated heterocycles. The number of benzene rings is 1. The maximum Gasteiger partial charge on any atom is 0.191 e. The van der Waals surface area contributed by atoms with Gasteiger partial charge in [0.05, 0.1) is 12.2 Å². The molecule has 8 heteroatoms. The van der Waals surface area contributed by atoms with Crippen LogP contribution in [0.25, 0.3) is 0 Å². The first kappa shape index (κ1) is 23.9. The van der Waals surface area contributed by atoms with E-state index in [2.05, 4.69) is 63.4 Å². The van der Waals surface area contributed by atoms with Crippen LogP contribution in [0.4, 0.5) is 0 Å². The SMILES string of the molecule is CCNC(=NCc1c(C)nn(C)c1C)NCCc1nccn1Cc1ccccc1.I. The molecule has 0 fully saturated rings. The van der Waals surface area contributed by atoms with E-state index in [1.165, 1.54) is 11.1 Å². The highest BCUT2D eigenvalue weighted by atomic mass is 127. The lowest BCUT2D eigenvalue weighted by molar-refractivity contribution is 0.694. The van der Waals surface area contributed by atoms with Crippen LogP contribution < -0.4 is 10.6 Å². The fourth-order valence-electron chi connectivity index (χ4n) is 3.33. The van der Waals surface area contributed by atoms with Gasteiger partial charge in [0, 0.05) is 56.8 Å². The third-order valence-corrected chi connectivity index (χ3v) is 5.04. The van der Waals surface area contributed by atoms with E-state index in [0.717, 1.165) is 49.2 Å². The summed E-state index contributed by atoms with van der Waals surface area (Å²) in [5.74, 6) is 1.88. The summed E-state index contributed by atoms with van der Waals surface area (Å²) in [4.78, 5) is 9.27. The van der Waals surface area contributed by atoms with Crippen molar-refractivity contribution in [3.8, 4) is 0 Å². The van der Waals surface area contributed by atoms with Gasteiger partial charge in [-0.2, -0.15) is 5.10 Å². The predicted octanol–water partition coefficient (Wildman–Crippen LogP) is 3.20. The van der Waals surface area contributed by atoms with Crippen molar-refractivity contribution in [3.05, 3.63) is 71.1 Å². The highest BCUT2D eigenvalue weighted by molar-refractivity contribution is 14.0. The number of imidazole rings is 1. The average molecular weight is 521 g/mol. The quantitative estimate of drug-likeness (QED) is 0.272. The zero-order valence-electron chi connectivity index (χ0n) is 18.2. The normalized spacial score (nSPS) is 11.3. The third kappa shape index (κ3) is 6.32. The summed E-state index contributed by atoms with van der Waals surface area (Å²) in [6.07, 6.45) is 4.73. The van der Waals surface area contributed by atoms with Crippen molar-refractivity contribution < 1.29 is 0 Å². The number of guanidine groups is 1. The number of hydrogen-bond acceptors (Lipinski definition) is 3. The number of halogens is 1. The van der Waals surface area contributed by atoms with E-state index in [-0.39, 0.29) is 24.0 Å². The van der Waals surface area contributed by atoms with E-state index in [0.29, 0.717) is 6.54 Å². The molecule has 2 heterocycles. The average Bonchev–Trinajstić information content (AvgIpc) is 3.24. The van der Waals surface area contributed by atoms with Crippen LogP contribution >= 0.6 is 24.0 Å². The molecule has 0 atom stereocenters. The van der Waals surface area contributed by atoms with Gasteiger partial charge in [-0.15, -0.1) is 24.0 Å². The summed E-state index contributed by atoms with van der Waals surface area (Å²) >= 11 is 0. The Morgan fingerprint density at radius 2 is 1.90 bits per heavy atom. The first-order valence-corrected chi connectivity index (χ1v) is 10.1. The molecule has 0 radical (unpaired) electrons. The number of aromatic nitrogens is 4. The molecule has 3 aromatic rings. The molecule has 0 spiro atoms. The lowest BCUT2D eigenvalue weighted by atomic mass is 10.2. The fourth-order valence-corrected chi connectivity index (χ4v) is 3.33. The van der Waals surface area contributed by atoms with Gasteiger partial charge in [0.25, 0.3) is 0 Å². The third-order valence-electron chi connectivity index (χ3n) is 5.04. The van der Waals surface area contributed by atoms with Crippen molar-refractivity contribution in [2.75, 3.05) is 13.1 Å². The van der Waals surface area contributed by atoms with Gasteiger partial charge in [-0.25, -0.2) is 9.98 Å². The van der Waals surface area contributed by atoms with Crippen molar-refractivity contribution >= 4 is 29.9 Å². The van der Waals surface area contributed by atoms with Crippen molar-refractivity contribution in [1.29, 1.82) is 0 Å². The summed E-state index contributed by atoms with van der Waals surface area (Å²) < 4.78 is 4.11. The Morgan fingerprint density at radius 1 is 1.13 bits per heavy atom. The van der Waals surface area contributed by atoms with Crippen molar-refractivity contribution in [2.24, 2.45) is 12.0 Å². The Labute approximate surface area is 196 Å². The molecule has 0 aliphatic carbocycles. The molecule has 30 heavy (non-hydrogen) atoms. The number of nitrogens with zero attached hydrogens (tertiary/aromatic N) is 5. The Bertz CT molecular complexity index is 944. The molecule has 0 bridgehead atoms. The molecule has 0 saturated carbocycles. The van der Waals surface area contributed by atoms with Gasteiger partial charge in [0.1, 0.15) is 5.82 Å². The number of aryl methyl sites for hydroxylation is 2. The number of hydrogen-bond donors (Lipinski definition) is 2. The minimum Gasteiger partial charge on any atom is -0.357 e. The second-order valence-corrected chi connectivity index (χ2v) is 7.10. The van der Waals surface area contributed by atoms with E-state index < -0.39 is 0 Å². The van der Waals surface area contributed by atoms with Crippen LogP contribution in [0.1, 0.15) is 35.3 Å². The van der Waals surface area contributed by atoms with Crippen LogP contribution in [0.2, 0.25) is 0 Å². The van der Waals surface area contributed by atoms with E-state index >= 15 is 0 Å². The zero-order chi connectivity index (χ0) is 20.6. The van der Waals surface area contributed by atoms with Gasteiger partial charge in [0.15, 0.2) is 5.96 Å². The molecule has 7 nitrogen and oxygen atoms in total. The van der Waals surface area contributed by atoms with Gasteiger partial charge in [0.2, 0.25) is 0 Å². The van der Waals surface area contributed by atoms with Crippen LogP contribution in [0.3, 0.4) is 0 Å². The van der Waals surface area contributed by atoms with Crippen LogP contribution in [0.5, 0.6) is 0 Å². The van der Waals surface area contributed by atoms with Crippen molar-refractivity contribution in [3.63, 3.8) is 0 Å². The predicted molar refractivity (Wildman–Crippen MR) is 132 cm³/mol. The first-order valence-electron chi connectivity index (χ1n) is 10.1. The second-order valence-electron chi connectivity index (χ2n) is 7.10. The van der Waals surface area contributed by atoms with Gasteiger partial charge in [-0.05, 0) is 26.3 Å². The largest absolute Gasteiger partial charge is 0.357 e. The zero-order valence-corrected chi connectivity index (χ0v) is 20.6. The van der Waals surface area contributed by atoms with E-state index in [4.69, 9.17) is 4.99 Å². The molecule has 1 aromatic carbocycles. The van der Waals surface area contributed by atoms with E-state index in [1.54, 1.807) is 0 Å². The standard InChI is InChI=1S/C22H31N7.HI/c1-5-23-22(26-15-20-17(2)27-28(4)18(20)3)25-12-11-21-24-13-14-29(21)16-19-9-7-6-8-10-19;/h6-10,13-14H,5,11-12,15-16H2,1-4H3,(H2,23,25,26);1H. The van der Waals surface area contributed by atoms with E-state index in [1.807, 2.05) is 37.1 Å². The highest BCUT2D eigenvalue weighted by Gasteiger charge is 2.09. The minimum atomic E-state index is 0. The molecule has 0 aliphatic rings. The van der Waals surface area contributed by atoms with Crippen LogP contribution in [0, 0.1) is 13.8 Å². The topological polar surface area (TPSA) is 72.1 Å². The van der Waals surface area contributed by atoms with Crippen LogP contribution in [-0.2, 0) is 26.6 Å². The van der Waals surface area contributed by atoms with Gasteiger partial charge < -0.3 is 15.2 Å². The lowest BCUT2D eigenvalue weighted by Crippen LogP contribution is -2.38. The van der Waals surface area contributed by atoms with Crippen LogP contribution in [-0.4, -0.2) is 38.4 Å². The molecule has 2 aromatic heterocycles. The Balaban J connectivity index is 0.00000320. The highest BCUT2D eigenvalue weighted by Crippen LogP contribution is 2.12. The molecule has 0 aliphatic heterocycles. The molecule has 3 rings (SSSR count). The van der Waals surface area contributed by atoms with Crippen molar-refractivity contribution in [2.45, 2.75) is 40.3 Å². The number of aliphatic imine (C=N–C) groups is 1. The Morgan fingerprint density at radius 3 is 2.57 bits per heavy atom. The number of rotatable bonds is 8. The molecular weight excluding hydrogens is 489 g/mol. The smallest absolute Gasteiger partial charge is 0.191 e. The molecule has 2 N–H and O–H groups in total. The minimum absolute atomic E-state index is 0. The lowest BCUT2D eigenvalue weighted by Gasteiger charge is -2.12. The summed E-state index contributed by atoms with van der Waals surface area (Å²) in [5.41, 5.74) is 4.65.